The minimum Gasteiger partial charge on any atom is -0.477 e. The van der Waals surface area contributed by atoms with Crippen LogP contribution in [-0.4, -0.2) is 27.7 Å². The van der Waals surface area contributed by atoms with E-state index in [2.05, 4.69) is 5.10 Å². The number of carboxylic acid groups (broad SMARTS) is 1. The second kappa shape index (κ2) is 5.36. The number of hydrazone groups is 1. The summed E-state index contributed by atoms with van der Waals surface area (Å²) in [4.78, 5) is 22.5. The van der Waals surface area contributed by atoms with Crippen molar-refractivity contribution < 1.29 is 19.1 Å². The molecule has 0 atom stereocenters. The molecule has 0 aliphatic carbocycles. The molecule has 1 amide bonds. The van der Waals surface area contributed by atoms with Crippen LogP contribution < -0.4 is 0 Å². The topological polar surface area (TPSA) is 70.0 Å². The fraction of sp³-hybridized carbons (Fsp3) is 0.250. The number of carbonyl (C=O) groups is 2. The molecule has 19 heavy (non-hydrogen) atoms. The van der Waals surface area contributed by atoms with Crippen LogP contribution in [0.25, 0.3) is 0 Å². The average molecular weight is 285 g/mol. The summed E-state index contributed by atoms with van der Waals surface area (Å²) < 4.78 is 13.6. The van der Waals surface area contributed by atoms with Gasteiger partial charge in [-0.05, 0) is 12.1 Å². The van der Waals surface area contributed by atoms with Gasteiger partial charge in [0.15, 0.2) is 0 Å². The lowest BCUT2D eigenvalue weighted by Gasteiger charge is -2.22. The fourth-order valence-corrected chi connectivity index (χ4v) is 1.94. The summed E-state index contributed by atoms with van der Waals surface area (Å²) in [6, 6.07) is 4.17. The third kappa shape index (κ3) is 2.90. The summed E-state index contributed by atoms with van der Waals surface area (Å²) in [7, 11) is 0. The van der Waals surface area contributed by atoms with E-state index in [4.69, 9.17) is 16.7 Å². The first-order valence-electron chi connectivity index (χ1n) is 5.53. The Morgan fingerprint density at radius 1 is 1.47 bits per heavy atom. The summed E-state index contributed by atoms with van der Waals surface area (Å²) in [5.74, 6) is -2.10. The van der Waals surface area contributed by atoms with Gasteiger partial charge >= 0.3 is 5.97 Å². The van der Waals surface area contributed by atoms with Gasteiger partial charge in [0.05, 0.1) is 6.54 Å². The van der Waals surface area contributed by atoms with E-state index >= 15 is 0 Å². The highest BCUT2D eigenvalue weighted by atomic mass is 35.5. The minimum atomic E-state index is -1.18. The predicted octanol–water partition coefficient (Wildman–Crippen LogP) is 2.04. The Bertz CT molecular complexity index is 554. The van der Waals surface area contributed by atoms with Gasteiger partial charge in [-0.15, -0.1) is 0 Å². The lowest BCUT2D eigenvalue weighted by Crippen LogP contribution is -2.34. The summed E-state index contributed by atoms with van der Waals surface area (Å²) >= 11 is 5.85. The average Bonchev–Trinajstić information content (AvgIpc) is 2.35. The summed E-state index contributed by atoms with van der Waals surface area (Å²) in [6.07, 6.45) is 0.118. The zero-order valence-corrected chi connectivity index (χ0v) is 10.5. The quantitative estimate of drug-likeness (QED) is 0.923. The van der Waals surface area contributed by atoms with Crippen LogP contribution in [0, 0.1) is 5.82 Å². The second-order valence-electron chi connectivity index (χ2n) is 4.00. The maximum atomic E-state index is 13.6. The molecule has 1 aromatic rings. The molecule has 0 bridgehead atoms. The first-order chi connectivity index (χ1) is 8.99. The van der Waals surface area contributed by atoms with Gasteiger partial charge in [-0.1, -0.05) is 17.7 Å². The van der Waals surface area contributed by atoms with E-state index in [0.29, 0.717) is 0 Å². The van der Waals surface area contributed by atoms with E-state index in [1.54, 1.807) is 0 Å². The van der Waals surface area contributed by atoms with Crippen LogP contribution in [0.5, 0.6) is 0 Å². The first-order valence-corrected chi connectivity index (χ1v) is 5.91. The summed E-state index contributed by atoms with van der Waals surface area (Å²) in [6.45, 7) is -0.179. The second-order valence-corrected chi connectivity index (χ2v) is 4.41. The van der Waals surface area contributed by atoms with Crippen LogP contribution in [0.2, 0.25) is 5.02 Å². The number of carboxylic acids is 1. The van der Waals surface area contributed by atoms with Crippen LogP contribution in [0.3, 0.4) is 0 Å². The van der Waals surface area contributed by atoms with Crippen LogP contribution in [0.1, 0.15) is 18.4 Å². The molecule has 0 fully saturated rings. The third-order valence-electron chi connectivity index (χ3n) is 2.72. The summed E-state index contributed by atoms with van der Waals surface area (Å²) in [5.41, 5.74) is -0.0000304. The van der Waals surface area contributed by atoms with E-state index in [-0.39, 0.29) is 41.6 Å². The number of hydrogen-bond acceptors (Lipinski definition) is 3. The highest BCUT2D eigenvalue weighted by Crippen LogP contribution is 2.22. The van der Waals surface area contributed by atoms with Gasteiger partial charge in [0.1, 0.15) is 11.5 Å². The number of nitrogens with zero attached hydrogens (tertiary/aromatic N) is 2. The molecule has 1 N–H and O–H groups in total. The van der Waals surface area contributed by atoms with Crippen molar-refractivity contribution in [3.05, 3.63) is 34.6 Å². The van der Waals surface area contributed by atoms with Crippen molar-refractivity contribution in [3.8, 4) is 0 Å². The molecule has 100 valence electrons. The number of benzene rings is 1. The standard InChI is InChI=1S/C12H10ClFN2O3/c13-8-2-1-3-9(14)7(8)6-16-11(17)5-4-10(15-16)12(18)19/h1-3H,4-6H2,(H,18,19). The largest absolute Gasteiger partial charge is 0.477 e. The molecule has 0 saturated carbocycles. The molecule has 0 aromatic heterocycles. The van der Waals surface area contributed by atoms with Gasteiger partial charge in [0.2, 0.25) is 5.91 Å². The number of hydrogen-bond donors (Lipinski definition) is 1. The highest BCUT2D eigenvalue weighted by Gasteiger charge is 2.25. The Balaban J connectivity index is 2.29. The molecule has 7 heteroatoms. The number of halogens is 2. The monoisotopic (exact) mass is 284 g/mol. The lowest BCUT2D eigenvalue weighted by molar-refractivity contribution is -0.133. The predicted molar refractivity (Wildman–Crippen MR) is 66.3 cm³/mol. The van der Waals surface area contributed by atoms with Crippen molar-refractivity contribution in [3.63, 3.8) is 0 Å². The molecule has 1 aliphatic heterocycles. The molecule has 0 unspecified atom stereocenters. The molecule has 1 aliphatic rings. The van der Waals surface area contributed by atoms with Gasteiger partial charge in [0, 0.05) is 23.4 Å². The van der Waals surface area contributed by atoms with Gasteiger partial charge in [0.25, 0.3) is 0 Å². The van der Waals surface area contributed by atoms with E-state index in [9.17, 15) is 14.0 Å². The number of carbonyl (C=O) groups excluding carboxylic acids is 1. The van der Waals surface area contributed by atoms with Crippen molar-refractivity contribution in [2.24, 2.45) is 5.10 Å². The molecule has 0 saturated heterocycles. The van der Waals surface area contributed by atoms with Crippen LogP contribution in [0.4, 0.5) is 4.39 Å². The van der Waals surface area contributed by atoms with E-state index in [1.165, 1.54) is 18.2 Å². The Labute approximate surface area is 113 Å². The zero-order chi connectivity index (χ0) is 14.0. The minimum absolute atomic E-state index is 0.0389. The van der Waals surface area contributed by atoms with Gasteiger partial charge in [-0.3, -0.25) is 4.79 Å². The van der Waals surface area contributed by atoms with E-state index < -0.39 is 11.8 Å². The van der Waals surface area contributed by atoms with Crippen molar-refractivity contribution in [2.75, 3.05) is 0 Å². The molecule has 1 aromatic carbocycles. The van der Waals surface area contributed by atoms with Crippen molar-refractivity contribution >= 4 is 29.2 Å². The van der Waals surface area contributed by atoms with E-state index in [0.717, 1.165) is 5.01 Å². The van der Waals surface area contributed by atoms with E-state index in [1.807, 2.05) is 0 Å². The number of amides is 1. The molecular formula is C12H10ClFN2O3. The zero-order valence-electron chi connectivity index (χ0n) is 9.77. The van der Waals surface area contributed by atoms with Crippen molar-refractivity contribution in [1.29, 1.82) is 0 Å². The maximum Gasteiger partial charge on any atom is 0.352 e. The molecular weight excluding hydrogens is 275 g/mol. The lowest BCUT2D eigenvalue weighted by atomic mass is 10.1. The van der Waals surface area contributed by atoms with Crippen LogP contribution >= 0.6 is 11.6 Å². The van der Waals surface area contributed by atoms with Crippen molar-refractivity contribution in [2.45, 2.75) is 19.4 Å². The maximum absolute atomic E-state index is 13.6. The number of aliphatic carboxylic acids is 1. The van der Waals surface area contributed by atoms with Gasteiger partial charge < -0.3 is 5.11 Å². The normalized spacial score (nSPS) is 15.4. The molecule has 5 nitrogen and oxygen atoms in total. The SMILES string of the molecule is O=C(O)C1=NN(Cc2c(F)cccc2Cl)C(=O)CC1. The number of rotatable bonds is 3. The third-order valence-corrected chi connectivity index (χ3v) is 3.08. The Kier molecular flexibility index (Phi) is 3.80. The highest BCUT2D eigenvalue weighted by molar-refractivity contribution is 6.36. The molecule has 1 heterocycles. The molecule has 0 spiro atoms. The summed E-state index contributed by atoms with van der Waals surface area (Å²) in [5, 5.41) is 13.7. The Hall–Kier alpha value is -1.95. The van der Waals surface area contributed by atoms with Crippen LogP contribution in [-0.2, 0) is 16.1 Å². The van der Waals surface area contributed by atoms with Gasteiger partial charge in [-0.2, -0.15) is 5.10 Å². The Morgan fingerprint density at radius 3 is 2.84 bits per heavy atom. The Morgan fingerprint density at radius 2 is 2.21 bits per heavy atom. The first kappa shape index (κ1) is 13.5. The smallest absolute Gasteiger partial charge is 0.352 e. The van der Waals surface area contributed by atoms with Gasteiger partial charge in [-0.25, -0.2) is 14.2 Å². The van der Waals surface area contributed by atoms with Crippen LogP contribution in [0.15, 0.2) is 23.3 Å². The van der Waals surface area contributed by atoms with Crippen molar-refractivity contribution in [1.82, 2.24) is 5.01 Å². The molecule has 0 radical (unpaired) electrons. The molecule has 2 rings (SSSR count). The fourth-order valence-electron chi connectivity index (χ4n) is 1.71.